The molecule has 0 bridgehead atoms. The first-order valence-corrected chi connectivity index (χ1v) is 5.80. The first-order valence-electron chi connectivity index (χ1n) is 5.80. The molecule has 0 radical (unpaired) electrons. The third-order valence-electron chi connectivity index (χ3n) is 2.97. The predicted molar refractivity (Wildman–Crippen MR) is 72.6 cm³/mol. The summed E-state index contributed by atoms with van der Waals surface area (Å²) in [7, 11) is 1.59. The van der Waals surface area contributed by atoms with Gasteiger partial charge in [-0.05, 0) is 24.6 Å². The highest BCUT2D eigenvalue weighted by molar-refractivity contribution is 5.54. The Balaban J connectivity index is 2.44. The maximum atomic E-state index is 10.4. The minimum atomic E-state index is -0.776. The lowest BCUT2D eigenvalue weighted by atomic mass is 9.98. The number of ether oxygens (including phenoxy) is 1. The van der Waals surface area contributed by atoms with Gasteiger partial charge in [-0.3, -0.25) is 0 Å². The van der Waals surface area contributed by atoms with Crippen molar-refractivity contribution in [2.75, 3.05) is 12.8 Å². The van der Waals surface area contributed by atoms with E-state index in [1.54, 1.807) is 7.11 Å². The molecule has 3 heteroatoms. The molecule has 94 valence electrons. The first kappa shape index (κ1) is 12.5. The second-order valence-corrected chi connectivity index (χ2v) is 4.28. The maximum absolute atomic E-state index is 10.4. The van der Waals surface area contributed by atoms with Gasteiger partial charge in [0.1, 0.15) is 11.9 Å². The van der Waals surface area contributed by atoms with Gasteiger partial charge in [0, 0.05) is 16.8 Å². The van der Waals surface area contributed by atoms with Gasteiger partial charge >= 0.3 is 0 Å². The summed E-state index contributed by atoms with van der Waals surface area (Å²) in [5.41, 5.74) is 9.03. The van der Waals surface area contributed by atoms with Crippen LogP contribution in [0.2, 0.25) is 0 Å². The minimum Gasteiger partial charge on any atom is -0.496 e. The van der Waals surface area contributed by atoms with Crippen LogP contribution in [0.5, 0.6) is 5.75 Å². The Bertz CT molecular complexity index is 552. The van der Waals surface area contributed by atoms with Gasteiger partial charge in [-0.25, -0.2) is 0 Å². The van der Waals surface area contributed by atoms with E-state index in [9.17, 15) is 5.11 Å². The number of para-hydroxylation sites is 1. The molecule has 18 heavy (non-hydrogen) atoms. The fourth-order valence-electron chi connectivity index (χ4n) is 2.00. The second-order valence-electron chi connectivity index (χ2n) is 4.28. The smallest absolute Gasteiger partial charge is 0.125 e. The summed E-state index contributed by atoms with van der Waals surface area (Å²) in [5, 5.41) is 10.4. The summed E-state index contributed by atoms with van der Waals surface area (Å²) in [4.78, 5) is 0. The van der Waals surface area contributed by atoms with E-state index >= 15 is 0 Å². The van der Waals surface area contributed by atoms with Crippen molar-refractivity contribution in [2.24, 2.45) is 0 Å². The van der Waals surface area contributed by atoms with E-state index in [4.69, 9.17) is 10.5 Å². The van der Waals surface area contributed by atoms with E-state index in [-0.39, 0.29) is 0 Å². The lowest BCUT2D eigenvalue weighted by Crippen LogP contribution is -2.05. The molecular weight excluding hydrogens is 226 g/mol. The summed E-state index contributed by atoms with van der Waals surface area (Å²) in [6.07, 6.45) is -0.776. The van der Waals surface area contributed by atoms with Gasteiger partial charge in [0.2, 0.25) is 0 Å². The highest BCUT2D eigenvalue weighted by Gasteiger charge is 2.17. The largest absolute Gasteiger partial charge is 0.496 e. The number of nitrogens with two attached hydrogens (primary N) is 1. The second kappa shape index (κ2) is 5.10. The molecule has 0 saturated carbocycles. The number of aliphatic hydroxyl groups excluding tert-OH is 1. The fourth-order valence-corrected chi connectivity index (χ4v) is 2.00. The van der Waals surface area contributed by atoms with E-state index in [2.05, 4.69) is 0 Å². The molecule has 0 fully saturated rings. The van der Waals surface area contributed by atoms with Crippen molar-refractivity contribution in [1.82, 2.24) is 0 Å². The van der Waals surface area contributed by atoms with E-state index in [1.165, 1.54) is 0 Å². The van der Waals surface area contributed by atoms with Crippen molar-refractivity contribution < 1.29 is 9.84 Å². The molecule has 0 aliphatic heterocycles. The Hall–Kier alpha value is -2.00. The molecule has 0 saturated heterocycles. The first-order chi connectivity index (χ1) is 8.63. The van der Waals surface area contributed by atoms with Crippen molar-refractivity contribution in [3.05, 3.63) is 59.2 Å². The van der Waals surface area contributed by atoms with Crippen LogP contribution in [0.15, 0.2) is 42.5 Å². The molecule has 0 heterocycles. The van der Waals surface area contributed by atoms with E-state index in [1.807, 2.05) is 49.4 Å². The topological polar surface area (TPSA) is 55.5 Å². The van der Waals surface area contributed by atoms with Crippen LogP contribution in [0, 0.1) is 6.92 Å². The van der Waals surface area contributed by atoms with Crippen LogP contribution in [0.25, 0.3) is 0 Å². The Morgan fingerprint density at radius 3 is 2.50 bits per heavy atom. The molecule has 3 nitrogen and oxygen atoms in total. The summed E-state index contributed by atoms with van der Waals surface area (Å²) >= 11 is 0. The van der Waals surface area contributed by atoms with Crippen molar-refractivity contribution in [2.45, 2.75) is 13.0 Å². The third kappa shape index (κ3) is 2.31. The van der Waals surface area contributed by atoms with Crippen LogP contribution in [-0.2, 0) is 0 Å². The van der Waals surface area contributed by atoms with Gasteiger partial charge in [0.15, 0.2) is 0 Å². The Morgan fingerprint density at radius 2 is 1.83 bits per heavy atom. The predicted octanol–water partition coefficient (Wildman–Crippen LogP) is 2.67. The third-order valence-corrected chi connectivity index (χ3v) is 2.97. The highest BCUT2D eigenvalue weighted by Crippen LogP contribution is 2.32. The molecule has 2 rings (SSSR count). The quantitative estimate of drug-likeness (QED) is 0.815. The number of hydrogen-bond donors (Lipinski definition) is 2. The van der Waals surface area contributed by atoms with Gasteiger partial charge in [-0.15, -0.1) is 0 Å². The van der Waals surface area contributed by atoms with Crippen LogP contribution in [0.4, 0.5) is 5.69 Å². The highest BCUT2D eigenvalue weighted by atomic mass is 16.5. The lowest BCUT2D eigenvalue weighted by Gasteiger charge is -2.17. The van der Waals surface area contributed by atoms with Crippen LogP contribution in [0.3, 0.4) is 0 Å². The molecule has 2 aromatic carbocycles. The number of aryl methyl sites for hydroxylation is 1. The number of nitrogen functional groups attached to an aromatic ring is 1. The Labute approximate surface area is 107 Å². The molecular formula is C15H17NO2. The Kier molecular flexibility index (Phi) is 3.53. The summed E-state index contributed by atoms with van der Waals surface area (Å²) in [5.74, 6) is 0.657. The summed E-state index contributed by atoms with van der Waals surface area (Å²) in [6.45, 7) is 1.97. The molecule has 2 aromatic rings. The molecule has 0 amide bonds. The zero-order valence-electron chi connectivity index (χ0n) is 10.6. The minimum absolute atomic E-state index is 0.591. The zero-order chi connectivity index (χ0) is 13.1. The van der Waals surface area contributed by atoms with Gasteiger partial charge in [0.25, 0.3) is 0 Å². The fraction of sp³-hybridized carbons (Fsp3) is 0.200. The SMILES string of the molecule is COc1ccccc1C(O)c1ccc(C)cc1N. The van der Waals surface area contributed by atoms with Gasteiger partial charge in [0.05, 0.1) is 7.11 Å². The van der Waals surface area contributed by atoms with Crippen LogP contribution in [-0.4, -0.2) is 12.2 Å². The van der Waals surface area contributed by atoms with Crippen LogP contribution in [0.1, 0.15) is 22.8 Å². The lowest BCUT2D eigenvalue weighted by molar-refractivity contribution is 0.215. The average molecular weight is 243 g/mol. The molecule has 0 aliphatic carbocycles. The van der Waals surface area contributed by atoms with Crippen molar-refractivity contribution in [3.8, 4) is 5.75 Å². The van der Waals surface area contributed by atoms with Crippen molar-refractivity contribution in [1.29, 1.82) is 0 Å². The van der Waals surface area contributed by atoms with Crippen molar-refractivity contribution in [3.63, 3.8) is 0 Å². The number of methoxy groups -OCH3 is 1. The number of benzene rings is 2. The number of anilines is 1. The van der Waals surface area contributed by atoms with E-state index < -0.39 is 6.10 Å². The summed E-state index contributed by atoms with van der Waals surface area (Å²) in [6, 6.07) is 13.0. The van der Waals surface area contributed by atoms with Crippen LogP contribution < -0.4 is 10.5 Å². The summed E-state index contributed by atoms with van der Waals surface area (Å²) < 4.78 is 5.25. The monoisotopic (exact) mass is 243 g/mol. The molecule has 1 atom stereocenters. The zero-order valence-corrected chi connectivity index (χ0v) is 10.6. The van der Waals surface area contributed by atoms with E-state index in [0.717, 1.165) is 11.1 Å². The maximum Gasteiger partial charge on any atom is 0.125 e. The number of rotatable bonds is 3. The van der Waals surface area contributed by atoms with Gasteiger partial charge in [-0.2, -0.15) is 0 Å². The molecule has 3 N–H and O–H groups in total. The van der Waals surface area contributed by atoms with Gasteiger partial charge in [-0.1, -0.05) is 30.3 Å². The molecule has 1 unspecified atom stereocenters. The molecule has 0 aromatic heterocycles. The molecule has 0 aliphatic rings. The van der Waals surface area contributed by atoms with Crippen molar-refractivity contribution >= 4 is 5.69 Å². The van der Waals surface area contributed by atoms with E-state index in [0.29, 0.717) is 17.0 Å². The Morgan fingerprint density at radius 1 is 1.11 bits per heavy atom. The van der Waals surface area contributed by atoms with Gasteiger partial charge < -0.3 is 15.6 Å². The normalized spacial score (nSPS) is 12.2. The average Bonchev–Trinajstić information content (AvgIpc) is 2.38. The molecule has 0 spiro atoms. The number of hydrogen-bond acceptors (Lipinski definition) is 3. The van der Waals surface area contributed by atoms with Crippen LogP contribution >= 0.6 is 0 Å². The standard InChI is InChI=1S/C15H17NO2/c1-10-7-8-11(13(16)9-10)15(17)12-5-3-4-6-14(12)18-2/h3-9,15,17H,16H2,1-2H3. The number of aliphatic hydroxyl groups is 1.